The topological polar surface area (TPSA) is 38.7 Å². The third kappa shape index (κ3) is 2.08. The molecule has 1 heterocycles. The summed E-state index contributed by atoms with van der Waals surface area (Å²) in [5.74, 6) is -2.40. The van der Waals surface area contributed by atoms with Gasteiger partial charge < -0.3 is 4.74 Å². The maximum absolute atomic E-state index is 11.6. The third-order valence-electron chi connectivity index (χ3n) is 0.969. The van der Waals surface area contributed by atoms with E-state index in [1.807, 2.05) is 0 Å². The van der Waals surface area contributed by atoms with Crippen molar-refractivity contribution in [3.05, 3.63) is 12.3 Å². The van der Waals surface area contributed by atoms with Crippen molar-refractivity contribution >= 4 is 12.2 Å². The number of nitrogens with zero attached hydrogens (tertiary/aromatic N) is 1. The highest BCUT2D eigenvalue weighted by Gasteiger charge is 2.42. The van der Waals surface area contributed by atoms with Crippen LogP contribution in [0.1, 0.15) is 1.37 Å². The highest BCUT2D eigenvalue weighted by atomic mass is 19.4. The van der Waals surface area contributed by atoms with Crippen LogP contribution in [0.15, 0.2) is 17.3 Å². The van der Waals surface area contributed by atoms with Crippen LogP contribution in [0.5, 0.6) is 0 Å². The van der Waals surface area contributed by atoms with E-state index < -0.39 is 18.2 Å². The normalized spacial score (nSPS) is 28.8. The summed E-state index contributed by atoms with van der Waals surface area (Å²) in [5.41, 5.74) is 0. The number of esters is 1. The predicted octanol–water partition coefficient (Wildman–Crippen LogP) is 1.06. The third-order valence-corrected chi connectivity index (χ3v) is 0.969. The van der Waals surface area contributed by atoms with Crippen molar-refractivity contribution in [2.75, 3.05) is 0 Å². The lowest BCUT2D eigenvalue weighted by molar-refractivity contribution is -0.200. The average Bonchev–Trinajstić information content (AvgIpc) is 2.33. The van der Waals surface area contributed by atoms with Gasteiger partial charge in [0.25, 0.3) is 0 Å². The van der Waals surface area contributed by atoms with Crippen LogP contribution in [0.25, 0.3) is 0 Å². The Balaban J connectivity index is 2.65. The molecular weight excluding hydrogens is 175 g/mol. The van der Waals surface area contributed by atoms with E-state index in [-0.39, 0.29) is 0 Å². The molecule has 3 nitrogen and oxygen atoms in total. The van der Waals surface area contributed by atoms with Gasteiger partial charge in [-0.05, 0) is 6.08 Å². The molecule has 66 valence electrons. The number of halogens is 3. The Morgan fingerprint density at radius 1 is 1.67 bits per heavy atom. The first kappa shape index (κ1) is 7.33. The van der Waals surface area contributed by atoms with Crippen molar-refractivity contribution in [2.45, 2.75) is 12.3 Å². The van der Waals surface area contributed by atoms with Crippen LogP contribution in [-0.4, -0.2) is 24.4 Å². The summed E-state index contributed by atoms with van der Waals surface area (Å²) in [5, 5.41) is 0. The Labute approximate surface area is 66.9 Å². The van der Waals surface area contributed by atoms with Gasteiger partial charge >= 0.3 is 12.1 Å². The number of hydrogen-bond acceptors (Lipinski definition) is 3. The van der Waals surface area contributed by atoms with Crippen molar-refractivity contribution in [1.82, 2.24) is 0 Å². The lowest BCUT2D eigenvalue weighted by Crippen LogP contribution is -2.29. The zero-order valence-electron chi connectivity index (χ0n) is 6.63. The van der Waals surface area contributed by atoms with E-state index in [1.165, 1.54) is 0 Å². The number of aliphatic imine (C=N–C) groups is 1. The fourth-order valence-electron chi connectivity index (χ4n) is 0.501. The number of alkyl halides is 3. The largest absolute Gasteiger partial charge is 0.490 e. The average molecular weight is 180 g/mol. The van der Waals surface area contributed by atoms with Gasteiger partial charge in [-0.2, -0.15) is 13.2 Å². The van der Waals surface area contributed by atoms with Crippen LogP contribution in [0, 0.1) is 0 Å². The lowest BCUT2D eigenvalue weighted by atomic mass is 10.4. The zero-order chi connectivity index (χ0) is 10.1. The smallest absolute Gasteiger partial charge is 0.445 e. The molecule has 0 aromatic carbocycles. The first-order valence-corrected chi connectivity index (χ1v) is 2.86. The highest BCUT2D eigenvalue weighted by molar-refractivity contribution is 5.80. The summed E-state index contributed by atoms with van der Waals surface area (Å²) in [4.78, 5) is 13.6. The van der Waals surface area contributed by atoms with Crippen molar-refractivity contribution < 1.29 is 24.1 Å². The minimum atomic E-state index is -5.08. The van der Waals surface area contributed by atoms with E-state index in [9.17, 15) is 18.0 Å². The van der Waals surface area contributed by atoms with E-state index in [0.717, 1.165) is 18.5 Å². The van der Waals surface area contributed by atoms with Gasteiger partial charge in [0.15, 0.2) is 6.08 Å². The second kappa shape index (κ2) is 2.96. The van der Waals surface area contributed by atoms with Gasteiger partial charge in [0.2, 0.25) is 0 Å². The first-order chi connectivity index (χ1) is 5.83. The summed E-state index contributed by atoms with van der Waals surface area (Å²) in [7, 11) is 0. The molecule has 1 rings (SSSR count). The summed E-state index contributed by atoms with van der Waals surface area (Å²) < 4.78 is 45.9. The molecular formula is C6H4F3NO2. The highest BCUT2D eigenvalue weighted by Crippen LogP contribution is 2.17. The second-order valence-corrected chi connectivity index (χ2v) is 1.88. The molecule has 0 saturated heterocycles. The molecule has 0 saturated carbocycles. The quantitative estimate of drug-likeness (QED) is 0.566. The Morgan fingerprint density at radius 2 is 2.33 bits per heavy atom. The van der Waals surface area contributed by atoms with Crippen LogP contribution in [0.2, 0.25) is 0 Å². The molecule has 0 spiro atoms. The van der Waals surface area contributed by atoms with Crippen LogP contribution in [-0.2, 0) is 9.53 Å². The molecule has 1 unspecified atom stereocenters. The second-order valence-electron chi connectivity index (χ2n) is 1.88. The number of carbonyl (C=O) groups is 1. The van der Waals surface area contributed by atoms with Gasteiger partial charge in [-0.25, -0.2) is 4.79 Å². The minimum absolute atomic E-state index is 0.788. The van der Waals surface area contributed by atoms with Crippen LogP contribution in [0.3, 0.4) is 0 Å². The molecule has 1 aliphatic rings. The molecule has 0 amide bonds. The van der Waals surface area contributed by atoms with E-state index in [0.29, 0.717) is 0 Å². The maximum Gasteiger partial charge on any atom is 0.490 e. The Kier molecular flexibility index (Phi) is 1.81. The first-order valence-electron chi connectivity index (χ1n) is 3.36. The fraction of sp³-hybridized carbons (Fsp3) is 0.333. The summed E-state index contributed by atoms with van der Waals surface area (Å²) in [6, 6.07) is 0. The number of rotatable bonds is 1. The van der Waals surface area contributed by atoms with Crippen molar-refractivity contribution in [1.29, 1.82) is 0 Å². The number of hydrogen-bond donors (Lipinski definition) is 0. The van der Waals surface area contributed by atoms with Crippen LogP contribution >= 0.6 is 0 Å². The minimum Gasteiger partial charge on any atom is -0.445 e. The van der Waals surface area contributed by atoms with E-state index >= 15 is 0 Å². The molecule has 0 aromatic heterocycles. The molecule has 6 heteroatoms. The molecule has 0 fully saturated rings. The summed E-state index contributed by atoms with van der Waals surface area (Å²) in [6.07, 6.45) is -4.41. The van der Waals surface area contributed by atoms with E-state index in [4.69, 9.17) is 1.37 Å². The SMILES string of the molecule is [2H]C1(OC(=O)C(F)(F)F)C=CN=C1. The summed E-state index contributed by atoms with van der Waals surface area (Å²) in [6.45, 7) is 0. The van der Waals surface area contributed by atoms with Crippen molar-refractivity contribution in [3.8, 4) is 0 Å². The van der Waals surface area contributed by atoms with Crippen molar-refractivity contribution in [2.24, 2.45) is 4.99 Å². The maximum atomic E-state index is 11.6. The standard InChI is InChI=1S/C6H4F3NO2/c7-6(8,9)5(11)12-4-1-2-10-3-4/h1-4H/i4D. The van der Waals surface area contributed by atoms with Gasteiger partial charge in [0.05, 0.1) is 1.37 Å². The van der Waals surface area contributed by atoms with Crippen molar-refractivity contribution in [3.63, 3.8) is 0 Å². The number of ether oxygens (including phenoxy) is 1. The molecule has 0 radical (unpaired) electrons. The summed E-state index contributed by atoms with van der Waals surface area (Å²) >= 11 is 0. The van der Waals surface area contributed by atoms with Crippen LogP contribution < -0.4 is 0 Å². The Bertz CT molecular complexity index is 272. The molecule has 0 aromatic rings. The molecule has 12 heavy (non-hydrogen) atoms. The van der Waals surface area contributed by atoms with E-state index in [2.05, 4.69) is 9.73 Å². The van der Waals surface area contributed by atoms with E-state index in [1.54, 1.807) is 0 Å². The molecule has 1 aliphatic heterocycles. The van der Waals surface area contributed by atoms with Crippen LogP contribution in [0.4, 0.5) is 13.2 Å². The Hall–Kier alpha value is -1.33. The zero-order valence-corrected chi connectivity index (χ0v) is 5.63. The van der Waals surface area contributed by atoms with Gasteiger partial charge in [0.1, 0.15) is 0 Å². The predicted molar refractivity (Wildman–Crippen MR) is 33.6 cm³/mol. The van der Waals surface area contributed by atoms with Gasteiger partial charge in [0, 0.05) is 12.4 Å². The molecule has 0 aliphatic carbocycles. The Morgan fingerprint density at radius 3 is 2.75 bits per heavy atom. The van der Waals surface area contributed by atoms with Gasteiger partial charge in [-0.15, -0.1) is 0 Å². The van der Waals surface area contributed by atoms with Gasteiger partial charge in [-0.1, -0.05) is 0 Å². The fourth-order valence-corrected chi connectivity index (χ4v) is 0.501. The van der Waals surface area contributed by atoms with Gasteiger partial charge in [-0.3, -0.25) is 4.99 Å². The monoisotopic (exact) mass is 180 g/mol. The molecule has 0 bridgehead atoms. The lowest BCUT2D eigenvalue weighted by Gasteiger charge is -2.08. The molecule has 0 N–H and O–H groups in total. The number of carbonyl (C=O) groups excluding carboxylic acids is 1. The molecule has 1 atom stereocenters.